The van der Waals surface area contributed by atoms with Crippen LogP contribution in [0.3, 0.4) is 0 Å². The molecule has 0 aliphatic heterocycles. The van der Waals surface area contributed by atoms with Crippen molar-refractivity contribution in [3.8, 4) is 5.75 Å². The molecule has 0 saturated heterocycles. The van der Waals surface area contributed by atoms with Crippen LogP contribution in [-0.2, 0) is 0 Å². The summed E-state index contributed by atoms with van der Waals surface area (Å²) in [6.45, 7) is 0. The normalized spacial score (nSPS) is 10.6. The third-order valence-corrected chi connectivity index (χ3v) is 2.24. The number of ether oxygens (including phenoxy) is 1. The van der Waals surface area contributed by atoms with E-state index in [-0.39, 0.29) is 0 Å². The van der Waals surface area contributed by atoms with Crippen molar-refractivity contribution >= 4 is 12.2 Å². The van der Waals surface area contributed by atoms with Crippen molar-refractivity contribution in [1.29, 1.82) is 0 Å². The minimum atomic E-state index is 0.775. The van der Waals surface area contributed by atoms with Crippen LogP contribution in [0, 0.1) is 0 Å². The number of benzene rings is 1. The molecule has 80 valence electrons. The van der Waals surface area contributed by atoms with Gasteiger partial charge in [0.1, 0.15) is 5.75 Å². The van der Waals surface area contributed by atoms with Gasteiger partial charge in [-0.3, -0.25) is 4.98 Å². The molecule has 0 atom stereocenters. The van der Waals surface area contributed by atoms with Crippen LogP contribution in [0.4, 0.5) is 0 Å². The van der Waals surface area contributed by atoms with Gasteiger partial charge in [-0.2, -0.15) is 0 Å². The smallest absolute Gasteiger partial charge is 0.137 e. The first-order valence-corrected chi connectivity index (χ1v) is 5.11. The number of hydrogen-bond acceptors (Lipinski definition) is 2. The Hall–Kier alpha value is -2.09. The molecule has 1 heterocycles. The molecule has 0 N–H and O–H groups in total. The van der Waals surface area contributed by atoms with Gasteiger partial charge in [0.25, 0.3) is 0 Å². The van der Waals surface area contributed by atoms with E-state index < -0.39 is 0 Å². The van der Waals surface area contributed by atoms with Crippen molar-refractivity contribution in [2.24, 2.45) is 0 Å². The fourth-order valence-electron chi connectivity index (χ4n) is 1.36. The van der Waals surface area contributed by atoms with E-state index >= 15 is 0 Å². The van der Waals surface area contributed by atoms with Gasteiger partial charge in [-0.1, -0.05) is 36.4 Å². The van der Waals surface area contributed by atoms with Gasteiger partial charge >= 0.3 is 0 Å². The Balaban J connectivity index is 2.12. The first kappa shape index (κ1) is 10.4. The average molecular weight is 211 g/mol. The molecule has 0 amide bonds. The van der Waals surface area contributed by atoms with Crippen molar-refractivity contribution in [2.75, 3.05) is 7.11 Å². The Labute approximate surface area is 95.2 Å². The first-order chi connectivity index (χ1) is 7.88. The van der Waals surface area contributed by atoms with Crippen LogP contribution in [0.1, 0.15) is 11.3 Å². The summed E-state index contributed by atoms with van der Waals surface area (Å²) in [5.41, 5.74) is 2.09. The quantitative estimate of drug-likeness (QED) is 0.777. The number of aromatic nitrogens is 1. The van der Waals surface area contributed by atoms with Crippen molar-refractivity contribution in [2.45, 2.75) is 0 Å². The molecule has 16 heavy (non-hydrogen) atoms. The lowest BCUT2D eigenvalue weighted by Crippen LogP contribution is -1.85. The summed E-state index contributed by atoms with van der Waals surface area (Å²) in [5, 5.41) is 0. The summed E-state index contributed by atoms with van der Waals surface area (Å²) >= 11 is 0. The fraction of sp³-hybridized carbons (Fsp3) is 0.0714. The van der Waals surface area contributed by atoms with Crippen LogP contribution in [0.2, 0.25) is 0 Å². The molecule has 0 fully saturated rings. The van der Waals surface area contributed by atoms with E-state index in [1.54, 1.807) is 13.3 Å². The Morgan fingerprint density at radius 1 is 1.00 bits per heavy atom. The third-order valence-electron chi connectivity index (χ3n) is 2.24. The molecular weight excluding hydrogens is 198 g/mol. The lowest BCUT2D eigenvalue weighted by Gasteiger charge is -1.98. The average Bonchev–Trinajstić information content (AvgIpc) is 2.38. The van der Waals surface area contributed by atoms with Crippen molar-refractivity contribution in [3.05, 3.63) is 59.9 Å². The van der Waals surface area contributed by atoms with Crippen LogP contribution in [0.15, 0.2) is 48.7 Å². The van der Waals surface area contributed by atoms with Gasteiger partial charge in [0, 0.05) is 0 Å². The van der Waals surface area contributed by atoms with E-state index in [1.165, 1.54) is 5.56 Å². The molecule has 1 aromatic carbocycles. The fourth-order valence-corrected chi connectivity index (χ4v) is 1.36. The second-order valence-electron chi connectivity index (χ2n) is 3.37. The lowest BCUT2D eigenvalue weighted by molar-refractivity contribution is 0.413. The van der Waals surface area contributed by atoms with Gasteiger partial charge in [0.2, 0.25) is 0 Å². The maximum absolute atomic E-state index is 5.05. The molecule has 0 bridgehead atoms. The van der Waals surface area contributed by atoms with E-state index in [0.717, 1.165) is 11.4 Å². The van der Waals surface area contributed by atoms with Gasteiger partial charge < -0.3 is 4.74 Å². The second kappa shape index (κ2) is 5.12. The zero-order valence-electron chi connectivity index (χ0n) is 9.13. The summed E-state index contributed by atoms with van der Waals surface area (Å²) in [4.78, 5) is 4.25. The predicted molar refractivity (Wildman–Crippen MR) is 66.2 cm³/mol. The largest absolute Gasteiger partial charge is 0.495 e. The SMILES string of the molecule is COc1ccc(/C=C/c2ccccc2)nc1. The zero-order valence-corrected chi connectivity index (χ0v) is 9.13. The van der Waals surface area contributed by atoms with Crippen LogP contribution in [0.25, 0.3) is 12.2 Å². The topological polar surface area (TPSA) is 22.1 Å². The highest BCUT2D eigenvalue weighted by Gasteiger charge is 1.91. The number of nitrogens with zero attached hydrogens (tertiary/aromatic N) is 1. The van der Waals surface area contributed by atoms with Gasteiger partial charge in [0.15, 0.2) is 0 Å². The molecule has 2 heteroatoms. The lowest BCUT2D eigenvalue weighted by atomic mass is 10.2. The molecular formula is C14H13NO. The number of hydrogen-bond donors (Lipinski definition) is 0. The summed E-state index contributed by atoms with van der Waals surface area (Å²) in [5.74, 6) is 0.775. The van der Waals surface area contributed by atoms with Crippen LogP contribution in [0.5, 0.6) is 5.75 Å². The van der Waals surface area contributed by atoms with Gasteiger partial charge in [-0.15, -0.1) is 0 Å². The monoisotopic (exact) mass is 211 g/mol. The summed E-state index contributed by atoms with van der Waals surface area (Å²) in [6.07, 6.45) is 5.73. The van der Waals surface area contributed by atoms with E-state index in [4.69, 9.17) is 4.74 Å². The molecule has 2 rings (SSSR count). The number of methoxy groups -OCH3 is 1. The molecule has 0 aliphatic rings. The zero-order chi connectivity index (χ0) is 11.2. The van der Waals surface area contributed by atoms with Crippen molar-refractivity contribution < 1.29 is 4.74 Å². The van der Waals surface area contributed by atoms with Crippen LogP contribution < -0.4 is 4.74 Å². The predicted octanol–water partition coefficient (Wildman–Crippen LogP) is 3.26. The minimum Gasteiger partial charge on any atom is -0.495 e. The highest BCUT2D eigenvalue weighted by Crippen LogP contribution is 2.10. The van der Waals surface area contributed by atoms with E-state index in [0.29, 0.717) is 0 Å². The van der Waals surface area contributed by atoms with E-state index in [9.17, 15) is 0 Å². The molecule has 2 aromatic rings. The van der Waals surface area contributed by atoms with Gasteiger partial charge in [0.05, 0.1) is 19.0 Å². The van der Waals surface area contributed by atoms with Crippen LogP contribution >= 0.6 is 0 Å². The molecule has 0 spiro atoms. The number of pyridine rings is 1. The molecule has 0 unspecified atom stereocenters. The molecule has 0 aliphatic carbocycles. The Morgan fingerprint density at radius 3 is 2.44 bits per heavy atom. The molecule has 0 radical (unpaired) electrons. The molecule has 1 aromatic heterocycles. The minimum absolute atomic E-state index is 0.775. The first-order valence-electron chi connectivity index (χ1n) is 5.11. The Morgan fingerprint density at radius 2 is 1.81 bits per heavy atom. The Bertz CT molecular complexity index is 460. The van der Waals surface area contributed by atoms with Crippen molar-refractivity contribution in [3.63, 3.8) is 0 Å². The summed E-state index contributed by atoms with van der Waals surface area (Å²) < 4.78 is 5.05. The van der Waals surface area contributed by atoms with Crippen LogP contribution in [-0.4, -0.2) is 12.1 Å². The highest BCUT2D eigenvalue weighted by molar-refractivity contribution is 5.67. The molecule has 2 nitrogen and oxygen atoms in total. The van der Waals surface area contributed by atoms with Gasteiger partial charge in [-0.25, -0.2) is 0 Å². The number of rotatable bonds is 3. The van der Waals surface area contributed by atoms with E-state index in [1.807, 2.05) is 42.5 Å². The van der Waals surface area contributed by atoms with Crippen molar-refractivity contribution in [1.82, 2.24) is 4.98 Å². The highest BCUT2D eigenvalue weighted by atomic mass is 16.5. The maximum Gasteiger partial charge on any atom is 0.137 e. The standard InChI is InChI=1S/C14H13NO/c1-16-14-10-9-13(15-11-14)8-7-12-5-3-2-4-6-12/h2-11H,1H3/b8-7+. The van der Waals surface area contributed by atoms with E-state index in [2.05, 4.69) is 17.1 Å². The summed E-state index contributed by atoms with van der Waals surface area (Å²) in [6, 6.07) is 14.0. The summed E-state index contributed by atoms with van der Waals surface area (Å²) in [7, 11) is 1.64. The molecule has 0 saturated carbocycles. The maximum atomic E-state index is 5.05. The second-order valence-corrected chi connectivity index (χ2v) is 3.37. The third kappa shape index (κ3) is 2.70. The Kier molecular flexibility index (Phi) is 3.34. The van der Waals surface area contributed by atoms with Gasteiger partial charge in [-0.05, 0) is 23.8 Å².